The minimum absolute atomic E-state index is 0.161. The molecule has 0 saturated carbocycles. The van der Waals surface area contributed by atoms with Gasteiger partial charge in [-0.1, -0.05) is 41.5 Å². The van der Waals surface area contributed by atoms with Crippen LogP contribution in [0, 0.1) is 0 Å². The Morgan fingerprint density at radius 2 is 1.52 bits per heavy atom. The van der Waals surface area contributed by atoms with Crippen LogP contribution in [0.25, 0.3) is 0 Å². The largest absolute Gasteiger partial charge is 0.507 e. The van der Waals surface area contributed by atoms with Crippen molar-refractivity contribution >= 4 is 23.5 Å². The second-order valence-electron chi connectivity index (χ2n) is 8.18. The van der Waals surface area contributed by atoms with E-state index < -0.39 is 5.97 Å². The molecule has 1 aromatic carbocycles. The molecule has 1 rings (SSSR count). The summed E-state index contributed by atoms with van der Waals surface area (Å²) in [6.45, 7) is 14.3. The lowest BCUT2D eigenvalue weighted by molar-refractivity contribution is -0.145. The summed E-state index contributed by atoms with van der Waals surface area (Å²) in [6.07, 6.45) is -0.197. The number of Topliss-reactive ketones (excluding diaryl/α,β-unsaturated/α-hetero) is 1. The van der Waals surface area contributed by atoms with Crippen molar-refractivity contribution in [3.63, 3.8) is 0 Å². The van der Waals surface area contributed by atoms with E-state index in [9.17, 15) is 14.7 Å². The van der Waals surface area contributed by atoms with Crippen molar-refractivity contribution in [2.45, 2.75) is 70.6 Å². The van der Waals surface area contributed by atoms with Crippen LogP contribution in [0.15, 0.2) is 17.0 Å². The van der Waals surface area contributed by atoms with Crippen LogP contribution in [0.4, 0.5) is 0 Å². The van der Waals surface area contributed by atoms with E-state index in [0.717, 1.165) is 16.0 Å². The molecule has 0 radical (unpaired) electrons. The van der Waals surface area contributed by atoms with Gasteiger partial charge in [0.2, 0.25) is 0 Å². The second kappa shape index (κ2) is 8.26. The Balaban J connectivity index is 3.04. The highest BCUT2D eigenvalue weighted by molar-refractivity contribution is 8.00. The number of hydrogen-bond donors (Lipinski definition) is 1. The van der Waals surface area contributed by atoms with Crippen molar-refractivity contribution in [1.29, 1.82) is 0 Å². The van der Waals surface area contributed by atoms with Crippen LogP contribution in [0.5, 0.6) is 5.75 Å². The summed E-state index contributed by atoms with van der Waals surface area (Å²) in [5.41, 5.74) is 1.30. The van der Waals surface area contributed by atoms with Crippen LogP contribution in [-0.2, 0) is 25.2 Å². The molecular formula is C20H30O4S. The van der Waals surface area contributed by atoms with Gasteiger partial charge in [0, 0.05) is 16.0 Å². The first-order valence-corrected chi connectivity index (χ1v) is 9.53. The van der Waals surface area contributed by atoms with Gasteiger partial charge in [0.25, 0.3) is 0 Å². The number of esters is 1. The first-order valence-electron chi connectivity index (χ1n) is 8.54. The average molecular weight is 367 g/mol. The summed E-state index contributed by atoms with van der Waals surface area (Å²) in [4.78, 5) is 24.3. The van der Waals surface area contributed by atoms with Crippen molar-refractivity contribution in [3.05, 3.63) is 23.3 Å². The molecule has 5 heteroatoms. The lowest BCUT2D eigenvalue weighted by Gasteiger charge is -2.28. The van der Waals surface area contributed by atoms with Crippen LogP contribution in [0.2, 0.25) is 0 Å². The fraction of sp³-hybridized carbons (Fsp3) is 0.600. The molecule has 0 aliphatic carbocycles. The van der Waals surface area contributed by atoms with Crippen LogP contribution < -0.4 is 0 Å². The summed E-state index contributed by atoms with van der Waals surface area (Å²) in [5, 5.41) is 10.7. The number of phenolic OH excluding ortho intramolecular Hbond substituents is 1. The Labute approximate surface area is 155 Å². The number of benzene rings is 1. The van der Waals surface area contributed by atoms with Crippen molar-refractivity contribution < 1.29 is 19.4 Å². The van der Waals surface area contributed by atoms with E-state index in [-0.39, 0.29) is 35.4 Å². The molecule has 0 fully saturated rings. The molecule has 1 N–H and O–H groups in total. The molecule has 0 unspecified atom stereocenters. The van der Waals surface area contributed by atoms with Gasteiger partial charge in [-0.3, -0.25) is 9.59 Å². The fourth-order valence-corrected chi connectivity index (χ4v) is 3.25. The van der Waals surface area contributed by atoms with E-state index in [0.29, 0.717) is 5.75 Å². The van der Waals surface area contributed by atoms with Crippen molar-refractivity contribution in [3.8, 4) is 5.75 Å². The zero-order chi connectivity index (χ0) is 19.4. The standard InChI is InChI=1S/C20H30O4S/c1-8-24-17(22)9-13(21)12-25-14-10-15(19(2,3)4)18(23)16(11-14)20(5,6)7/h10-11,23H,8-9,12H2,1-7H3. The van der Waals surface area contributed by atoms with Gasteiger partial charge in [0.05, 0.1) is 12.4 Å². The first-order chi connectivity index (χ1) is 11.4. The number of hydrogen-bond acceptors (Lipinski definition) is 5. The zero-order valence-electron chi connectivity index (χ0n) is 16.4. The fourth-order valence-electron chi connectivity index (χ4n) is 2.42. The molecule has 140 valence electrons. The lowest BCUT2D eigenvalue weighted by Crippen LogP contribution is -2.17. The highest BCUT2D eigenvalue weighted by Gasteiger charge is 2.26. The van der Waals surface area contributed by atoms with Crippen LogP contribution in [0.1, 0.15) is 66.0 Å². The Morgan fingerprint density at radius 3 is 1.92 bits per heavy atom. The smallest absolute Gasteiger partial charge is 0.313 e. The van der Waals surface area contributed by atoms with E-state index >= 15 is 0 Å². The third kappa shape index (κ3) is 6.38. The molecule has 0 heterocycles. The van der Waals surface area contributed by atoms with Gasteiger partial charge in [-0.25, -0.2) is 0 Å². The van der Waals surface area contributed by atoms with Crippen LogP contribution in [0.3, 0.4) is 0 Å². The van der Waals surface area contributed by atoms with Gasteiger partial charge in [-0.15, -0.1) is 11.8 Å². The number of phenols is 1. The van der Waals surface area contributed by atoms with Gasteiger partial charge in [0.1, 0.15) is 12.2 Å². The Bertz CT molecular complexity index is 601. The van der Waals surface area contributed by atoms with E-state index in [1.165, 1.54) is 11.8 Å². The number of carbonyl (C=O) groups is 2. The summed E-state index contributed by atoms with van der Waals surface area (Å²) >= 11 is 1.39. The van der Waals surface area contributed by atoms with E-state index in [1.54, 1.807) is 6.92 Å². The molecule has 4 nitrogen and oxygen atoms in total. The molecular weight excluding hydrogens is 336 g/mol. The molecule has 0 amide bonds. The summed E-state index contributed by atoms with van der Waals surface area (Å²) in [6, 6.07) is 3.87. The quantitative estimate of drug-likeness (QED) is 0.453. The minimum atomic E-state index is -0.482. The van der Waals surface area contributed by atoms with Crippen molar-refractivity contribution in [1.82, 2.24) is 0 Å². The highest BCUT2D eigenvalue weighted by Crippen LogP contribution is 2.41. The lowest BCUT2D eigenvalue weighted by atomic mass is 9.79. The molecule has 0 bridgehead atoms. The predicted octanol–water partition coefficient (Wildman–Crippen LogP) is 4.60. The Hall–Kier alpha value is -1.49. The zero-order valence-corrected chi connectivity index (χ0v) is 17.2. The normalized spacial score (nSPS) is 12.1. The summed E-state index contributed by atoms with van der Waals surface area (Å²) in [7, 11) is 0. The average Bonchev–Trinajstić information content (AvgIpc) is 2.43. The summed E-state index contributed by atoms with van der Waals surface area (Å²) < 4.78 is 4.81. The molecule has 25 heavy (non-hydrogen) atoms. The predicted molar refractivity (Wildman–Crippen MR) is 102 cm³/mol. The van der Waals surface area contributed by atoms with Gasteiger partial charge < -0.3 is 9.84 Å². The van der Waals surface area contributed by atoms with Crippen LogP contribution >= 0.6 is 11.8 Å². The number of thioether (sulfide) groups is 1. The monoisotopic (exact) mass is 366 g/mol. The molecule has 0 atom stereocenters. The van der Waals surface area contributed by atoms with E-state index in [2.05, 4.69) is 41.5 Å². The van der Waals surface area contributed by atoms with Gasteiger partial charge in [0.15, 0.2) is 5.78 Å². The molecule has 0 aliphatic heterocycles. The third-order valence-corrected chi connectivity index (χ3v) is 4.78. The number of ketones is 1. The maximum Gasteiger partial charge on any atom is 0.313 e. The van der Waals surface area contributed by atoms with Crippen molar-refractivity contribution in [2.75, 3.05) is 12.4 Å². The molecule has 0 spiro atoms. The topological polar surface area (TPSA) is 63.6 Å². The number of rotatable bonds is 6. The second-order valence-corrected chi connectivity index (χ2v) is 9.22. The van der Waals surface area contributed by atoms with Gasteiger partial charge >= 0.3 is 5.97 Å². The maximum atomic E-state index is 12.0. The first kappa shape index (κ1) is 21.6. The van der Waals surface area contributed by atoms with Crippen molar-refractivity contribution in [2.24, 2.45) is 0 Å². The number of aromatic hydroxyl groups is 1. The van der Waals surface area contributed by atoms with E-state index in [4.69, 9.17) is 4.74 Å². The number of carbonyl (C=O) groups excluding carboxylic acids is 2. The Morgan fingerprint density at radius 1 is 1.04 bits per heavy atom. The number of ether oxygens (including phenoxy) is 1. The third-order valence-electron chi connectivity index (χ3n) is 3.75. The highest BCUT2D eigenvalue weighted by atomic mass is 32.2. The molecule has 0 aromatic heterocycles. The van der Waals surface area contributed by atoms with Crippen LogP contribution in [-0.4, -0.2) is 29.2 Å². The Kier molecular flexibility index (Phi) is 7.12. The SMILES string of the molecule is CCOC(=O)CC(=O)CSc1cc(C(C)(C)C)c(O)c(C(C)(C)C)c1. The molecule has 1 aromatic rings. The maximum absolute atomic E-state index is 12.0. The summed E-state index contributed by atoms with van der Waals surface area (Å²) in [5.74, 6) is -0.116. The van der Waals surface area contributed by atoms with E-state index in [1.807, 2.05) is 12.1 Å². The van der Waals surface area contributed by atoms with Gasteiger partial charge in [-0.2, -0.15) is 0 Å². The molecule has 0 saturated heterocycles. The molecule has 0 aliphatic rings. The minimum Gasteiger partial charge on any atom is -0.507 e. The van der Waals surface area contributed by atoms with Gasteiger partial charge in [-0.05, 0) is 29.9 Å².